The zero-order valence-electron chi connectivity index (χ0n) is 11.3. The molecule has 0 saturated carbocycles. The van der Waals surface area contributed by atoms with Gasteiger partial charge in [-0.1, -0.05) is 0 Å². The summed E-state index contributed by atoms with van der Waals surface area (Å²) in [4.78, 5) is 43.7. The van der Waals surface area contributed by atoms with Crippen LogP contribution in [0.2, 0.25) is 0 Å². The second-order valence-corrected chi connectivity index (χ2v) is 4.36. The summed E-state index contributed by atoms with van der Waals surface area (Å²) in [6, 6.07) is -2.36. The van der Waals surface area contributed by atoms with E-state index in [2.05, 4.69) is 10.6 Å². The van der Waals surface area contributed by atoms with Crippen molar-refractivity contribution in [2.75, 3.05) is 6.54 Å². The van der Waals surface area contributed by atoms with Gasteiger partial charge in [0.05, 0.1) is 6.42 Å². The third-order valence-electron chi connectivity index (χ3n) is 2.07. The molecule has 20 heavy (non-hydrogen) atoms. The minimum absolute atomic E-state index is 0.0108. The Morgan fingerprint density at radius 3 is 2.10 bits per heavy atom. The number of hydrogen-bond acceptors (Lipinski definition) is 4. The van der Waals surface area contributed by atoms with E-state index in [4.69, 9.17) is 10.2 Å². The number of hydrogen-bond donors (Lipinski definition) is 5. The van der Waals surface area contributed by atoms with Gasteiger partial charge in [-0.05, 0) is 13.8 Å². The molecule has 0 aromatic heterocycles. The second-order valence-electron chi connectivity index (χ2n) is 4.36. The van der Waals surface area contributed by atoms with Gasteiger partial charge >= 0.3 is 18.0 Å². The molecule has 5 N–H and O–H groups in total. The van der Waals surface area contributed by atoms with E-state index in [0.29, 0.717) is 0 Å². The van der Waals surface area contributed by atoms with Gasteiger partial charge in [-0.3, -0.25) is 9.59 Å². The van der Waals surface area contributed by atoms with Crippen LogP contribution in [0.15, 0.2) is 0 Å². The summed E-state index contributed by atoms with van der Waals surface area (Å²) in [7, 11) is 0. The van der Waals surface area contributed by atoms with Crippen molar-refractivity contribution in [2.24, 2.45) is 0 Å². The lowest BCUT2D eigenvalue weighted by atomic mass is 10.2. The Bertz CT molecular complexity index is 382. The Hall–Kier alpha value is -2.32. The van der Waals surface area contributed by atoms with E-state index < -0.39 is 30.4 Å². The first kappa shape index (κ1) is 17.7. The lowest BCUT2D eigenvalue weighted by Gasteiger charge is -2.13. The molecule has 0 fully saturated rings. The van der Waals surface area contributed by atoms with Crippen molar-refractivity contribution >= 4 is 23.9 Å². The summed E-state index contributed by atoms with van der Waals surface area (Å²) in [5, 5.41) is 24.1. The summed E-state index contributed by atoms with van der Waals surface area (Å²) >= 11 is 0. The SMILES string of the molecule is CC(C)NC(=O)CCNC(=O)N[C@H](CC(=O)O)C(=O)O. The number of nitrogens with one attached hydrogen (secondary N) is 3. The zero-order chi connectivity index (χ0) is 15.7. The third kappa shape index (κ3) is 8.72. The van der Waals surface area contributed by atoms with Gasteiger partial charge in [0.25, 0.3) is 0 Å². The Kier molecular flexibility index (Phi) is 7.71. The van der Waals surface area contributed by atoms with Gasteiger partial charge in [0.15, 0.2) is 0 Å². The smallest absolute Gasteiger partial charge is 0.326 e. The second kappa shape index (κ2) is 8.73. The standard InChI is InChI=1S/C11H19N3O6/c1-6(2)13-8(15)3-4-12-11(20)14-7(10(18)19)5-9(16)17/h6-7H,3-5H2,1-2H3,(H,13,15)(H,16,17)(H,18,19)(H2,12,14,20)/t7-/m1/s1. The van der Waals surface area contributed by atoms with Crippen LogP contribution in [0, 0.1) is 0 Å². The van der Waals surface area contributed by atoms with E-state index in [1.54, 1.807) is 13.8 Å². The van der Waals surface area contributed by atoms with E-state index in [9.17, 15) is 19.2 Å². The lowest BCUT2D eigenvalue weighted by Crippen LogP contribution is -2.47. The van der Waals surface area contributed by atoms with Crippen LogP contribution >= 0.6 is 0 Å². The molecule has 0 aliphatic heterocycles. The number of carbonyl (C=O) groups excluding carboxylic acids is 2. The number of rotatable bonds is 8. The Labute approximate surface area is 115 Å². The van der Waals surface area contributed by atoms with Crippen LogP contribution in [-0.2, 0) is 14.4 Å². The zero-order valence-corrected chi connectivity index (χ0v) is 11.3. The van der Waals surface area contributed by atoms with Gasteiger partial charge in [-0.25, -0.2) is 9.59 Å². The molecule has 0 aromatic carbocycles. The fraction of sp³-hybridized carbons (Fsp3) is 0.636. The molecule has 1 atom stereocenters. The quantitative estimate of drug-likeness (QED) is 0.392. The third-order valence-corrected chi connectivity index (χ3v) is 2.07. The number of carboxylic acid groups (broad SMARTS) is 2. The Morgan fingerprint density at radius 1 is 1.05 bits per heavy atom. The van der Waals surface area contributed by atoms with Crippen LogP contribution in [0.25, 0.3) is 0 Å². The van der Waals surface area contributed by atoms with Crippen molar-refractivity contribution in [3.8, 4) is 0 Å². The highest BCUT2D eigenvalue weighted by atomic mass is 16.4. The molecular weight excluding hydrogens is 270 g/mol. The fourth-order valence-electron chi connectivity index (χ4n) is 1.27. The Morgan fingerprint density at radius 2 is 1.65 bits per heavy atom. The van der Waals surface area contributed by atoms with Gasteiger partial charge in [0, 0.05) is 19.0 Å². The normalized spacial score (nSPS) is 11.6. The average Bonchev–Trinajstić information content (AvgIpc) is 2.26. The van der Waals surface area contributed by atoms with E-state index in [0.717, 1.165) is 0 Å². The summed E-state index contributed by atoms with van der Waals surface area (Å²) in [5.41, 5.74) is 0. The average molecular weight is 289 g/mol. The topological polar surface area (TPSA) is 145 Å². The van der Waals surface area contributed by atoms with Crippen LogP contribution in [0.3, 0.4) is 0 Å². The van der Waals surface area contributed by atoms with Crippen LogP contribution in [0.1, 0.15) is 26.7 Å². The summed E-state index contributed by atoms with van der Waals surface area (Å²) in [5.74, 6) is -3.03. The molecule has 0 rings (SSSR count). The van der Waals surface area contributed by atoms with E-state index in [1.807, 2.05) is 5.32 Å². The molecule has 0 heterocycles. The Balaban J connectivity index is 4.05. The molecule has 3 amide bonds. The fourth-order valence-corrected chi connectivity index (χ4v) is 1.27. The molecule has 0 saturated heterocycles. The predicted molar refractivity (Wildman–Crippen MR) is 68.1 cm³/mol. The van der Waals surface area contributed by atoms with Gasteiger partial charge in [0.1, 0.15) is 6.04 Å². The molecule has 0 aromatic rings. The first-order valence-corrected chi connectivity index (χ1v) is 6.00. The maximum atomic E-state index is 11.3. The number of carboxylic acids is 2. The molecule has 0 spiro atoms. The summed E-state index contributed by atoms with van der Waals surface area (Å²) < 4.78 is 0. The molecule has 0 bridgehead atoms. The first-order valence-electron chi connectivity index (χ1n) is 6.00. The first-order chi connectivity index (χ1) is 9.22. The van der Waals surface area contributed by atoms with Crippen molar-refractivity contribution in [2.45, 2.75) is 38.8 Å². The summed E-state index contributed by atoms with van der Waals surface area (Å²) in [6.45, 7) is 3.60. The molecule has 0 aliphatic rings. The van der Waals surface area contributed by atoms with Gasteiger partial charge in [0.2, 0.25) is 5.91 Å². The van der Waals surface area contributed by atoms with Crippen molar-refractivity contribution in [3.63, 3.8) is 0 Å². The number of aliphatic carboxylic acids is 2. The van der Waals surface area contributed by atoms with Crippen LogP contribution in [0.5, 0.6) is 0 Å². The maximum absolute atomic E-state index is 11.3. The van der Waals surface area contributed by atoms with Gasteiger partial charge < -0.3 is 26.2 Å². The van der Waals surface area contributed by atoms with Crippen molar-refractivity contribution in [1.82, 2.24) is 16.0 Å². The lowest BCUT2D eigenvalue weighted by molar-refractivity contribution is -0.145. The molecule has 0 aliphatic carbocycles. The largest absolute Gasteiger partial charge is 0.481 e. The van der Waals surface area contributed by atoms with Crippen LogP contribution < -0.4 is 16.0 Å². The molecule has 0 radical (unpaired) electrons. The van der Waals surface area contributed by atoms with Crippen LogP contribution in [0.4, 0.5) is 4.79 Å². The maximum Gasteiger partial charge on any atom is 0.326 e. The minimum atomic E-state index is -1.52. The predicted octanol–water partition coefficient (Wildman–Crippen LogP) is -0.872. The number of urea groups is 1. The molecule has 9 heteroatoms. The van der Waals surface area contributed by atoms with E-state index in [1.165, 1.54) is 0 Å². The van der Waals surface area contributed by atoms with E-state index in [-0.39, 0.29) is 24.9 Å². The molecule has 0 unspecified atom stereocenters. The minimum Gasteiger partial charge on any atom is -0.481 e. The number of amides is 3. The van der Waals surface area contributed by atoms with Crippen molar-refractivity contribution < 1.29 is 29.4 Å². The van der Waals surface area contributed by atoms with E-state index >= 15 is 0 Å². The van der Waals surface area contributed by atoms with Crippen LogP contribution in [-0.4, -0.2) is 52.7 Å². The van der Waals surface area contributed by atoms with Gasteiger partial charge in [-0.15, -0.1) is 0 Å². The number of carbonyl (C=O) groups is 4. The highest BCUT2D eigenvalue weighted by Crippen LogP contribution is 1.92. The molecule has 114 valence electrons. The van der Waals surface area contributed by atoms with Crippen molar-refractivity contribution in [1.29, 1.82) is 0 Å². The molecule has 9 nitrogen and oxygen atoms in total. The monoisotopic (exact) mass is 289 g/mol. The van der Waals surface area contributed by atoms with Crippen molar-refractivity contribution in [3.05, 3.63) is 0 Å². The highest BCUT2D eigenvalue weighted by Gasteiger charge is 2.22. The highest BCUT2D eigenvalue weighted by molar-refractivity contribution is 5.86. The summed E-state index contributed by atoms with van der Waals surface area (Å²) in [6.07, 6.45) is -0.682. The molecular formula is C11H19N3O6. The van der Waals surface area contributed by atoms with Gasteiger partial charge in [-0.2, -0.15) is 0 Å².